The first-order chi connectivity index (χ1) is 8.01. The van der Waals surface area contributed by atoms with Crippen molar-refractivity contribution in [3.05, 3.63) is 22.3 Å². The SMILES string of the molecule is CCOC(=O)c1c(Cl)cc(OC)nc1C(F)F. The predicted octanol–water partition coefficient (Wildman–Crippen LogP) is 2.86. The van der Waals surface area contributed by atoms with Gasteiger partial charge >= 0.3 is 5.97 Å². The van der Waals surface area contributed by atoms with Gasteiger partial charge in [0.1, 0.15) is 11.3 Å². The van der Waals surface area contributed by atoms with Crippen molar-refractivity contribution in [3.8, 4) is 5.88 Å². The molecule has 1 aromatic rings. The molecule has 0 atom stereocenters. The Labute approximate surface area is 101 Å². The molecule has 94 valence electrons. The zero-order valence-electron chi connectivity index (χ0n) is 9.17. The van der Waals surface area contributed by atoms with Crippen LogP contribution in [0, 0.1) is 0 Å². The molecule has 0 unspecified atom stereocenters. The number of hydrogen-bond donors (Lipinski definition) is 0. The smallest absolute Gasteiger partial charge is 0.341 e. The lowest BCUT2D eigenvalue weighted by Gasteiger charge is -2.10. The van der Waals surface area contributed by atoms with E-state index < -0.39 is 23.7 Å². The summed E-state index contributed by atoms with van der Waals surface area (Å²) < 4.78 is 34.8. The molecule has 1 heterocycles. The van der Waals surface area contributed by atoms with E-state index in [1.165, 1.54) is 13.2 Å². The van der Waals surface area contributed by atoms with Crippen LogP contribution >= 0.6 is 11.6 Å². The maximum atomic E-state index is 12.7. The van der Waals surface area contributed by atoms with Gasteiger partial charge in [0.25, 0.3) is 6.43 Å². The highest BCUT2D eigenvalue weighted by Gasteiger charge is 2.25. The van der Waals surface area contributed by atoms with Crippen molar-refractivity contribution in [2.75, 3.05) is 13.7 Å². The summed E-state index contributed by atoms with van der Waals surface area (Å²) in [7, 11) is 1.26. The lowest BCUT2D eigenvalue weighted by molar-refractivity contribution is 0.0513. The van der Waals surface area contributed by atoms with Gasteiger partial charge in [-0.15, -0.1) is 0 Å². The minimum atomic E-state index is -2.94. The highest BCUT2D eigenvalue weighted by molar-refractivity contribution is 6.33. The van der Waals surface area contributed by atoms with Crippen molar-refractivity contribution in [2.45, 2.75) is 13.3 Å². The predicted molar refractivity (Wildman–Crippen MR) is 56.7 cm³/mol. The zero-order valence-corrected chi connectivity index (χ0v) is 9.92. The summed E-state index contributed by atoms with van der Waals surface area (Å²) >= 11 is 5.73. The van der Waals surface area contributed by atoms with Crippen molar-refractivity contribution < 1.29 is 23.0 Å². The van der Waals surface area contributed by atoms with Crippen molar-refractivity contribution in [2.24, 2.45) is 0 Å². The second kappa shape index (κ2) is 5.77. The monoisotopic (exact) mass is 265 g/mol. The zero-order chi connectivity index (χ0) is 13.0. The van der Waals surface area contributed by atoms with Gasteiger partial charge in [0.15, 0.2) is 0 Å². The molecule has 1 aromatic heterocycles. The van der Waals surface area contributed by atoms with Gasteiger partial charge in [-0.3, -0.25) is 0 Å². The molecule has 1 rings (SSSR count). The van der Waals surface area contributed by atoms with Crippen LogP contribution < -0.4 is 4.74 Å². The molecule has 4 nitrogen and oxygen atoms in total. The van der Waals surface area contributed by atoms with Gasteiger partial charge in [-0.25, -0.2) is 18.6 Å². The number of ether oxygens (including phenoxy) is 2. The first kappa shape index (κ1) is 13.6. The van der Waals surface area contributed by atoms with Gasteiger partial charge < -0.3 is 9.47 Å². The average Bonchev–Trinajstić information content (AvgIpc) is 2.27. The van der Waals surface area contributed by atoms with E-state index in [4.69, 9.17) is 16.3 Å². The molecule has 0 aromatic carbocycles. The van der Waals surface area contributed by atoms with Crippen LogP contribution in [0.15, 0.2) is 6.07 Å². The first-order valence-electron chi connectivity index (χ1n) is 4.71. The topological polar surface area (TPSA) is 48.4 Å². The number of nitrogens with zero attached hydrogens (tertiary/aromatic N) is 1. The second-order valence-corrected chi connectivity index (χ2v) is 3.34. The van der Waals surface area contributed by atoms with E-state index >= 15 is 0 Å². The first-order valence-corrected chi connectivity index (χ1v) is 5.08. The molecule has 0 amide bonds. The lowest BCUT2D eigenvalue weighted by Crippen LogP contribution is -2.11. The van der Waals surface area contributed by atoms with E-state index in [1.807, 2.05) is 0 Å². The number of hydrogen-bond acceptors (Lipinski definition) is 4. The third-order valence-electron chi connectivity index (χ3n) is 1.87. The Morgan fingerprint density at radius 3 is 2.71 bits per heavy atom. The van der Waals surface area contributed by atoms with E-state index in [1.54, 1.807) is 6.92 Å². The van der Waals surface area contributed by atoms with Crippen molar-refractivity contribution >= 4 is 17.6 Å². The summed E-state index contributed by atoms with van der Waals surface area (Å²) in [5.74, 6) is -1.01. The molecular weight excluding hydrogens is 256 g/mol. The van der Waals surface area contributed by atoms with Crippen LogP contribution in [0.1, 0.15) is 29.4 Å². The van der Waals surface area contributed by atoms with E-state index in [9.17, 15) is 13.6 Å². The Bertz CT molecular complexity index is 426. The lowest BCUT2D eigenvalue weighted by atomic mass is 10.2. The van der Waals surface area contributed by atoms with Crippen LogP contribution in [0.25, 0.3) is 0 Å². The molecule has 0 saturated heterocycles. The van der Waals surface area contributed by atoms with Gasteiger partial charge in [0, 0.05) is 6.07 Å². The van der Waals surface area contributed by atoms with Crippen LogP contribution in [-0.4, -0.2) is 24.7 Å². The van der Waals surface area contributed by atoms with E-state index in [0.29, 0.717) is 0 Å². The van der Waals surface area contributed by atoms with Crippen LogP contribution in [0.2, 0.25) is 5.02 Å². The molecule has 0 radical (unpaired) electrons. The fourth-order valence-corrected chi connectivity index (χ4v) is 1.44. The van der Waals surface area contributed by atoms with Gasteiger partial charge in [-0.05, 0) is 6.92 Å². The Hall–Kier alpha value is -1.43. The molecule has 0 aliphatic carbocycles. The minimum Gasteiger partial charge on any atom is -0.481 e. The largest absolute Gasteiger partial charge is 0.481 e. The molecule has 0 saturated carbocycles. The summed E-state index contributed by atoms with van der Waals surface area (Å²) in [6.45, 7) is 1.62. The molecule has 0 spiro atoms. The number of carbonyl (C=O) groups excluding carboxylic acids is 1. The standard InChI is InChI=1S/C10H10ClF2NO3/c1-3-17-10(15)7-5(11)4-6(16-2)14-8(7)9(12)13/h4,9H,3H2,1-2H3. The van der Waals surface area contributed by atoms with Crippen molar-refractivity contribution in [1.82, 2.24) is 4.98 Å². The number of pyridine rings is 1. The molecule has 0 fully saturated rings. The van der Waals surface area contributed by atoms with E-state index in [-0.39, 0.29) is 17.5 Å². The van der Waals surface area contributed by atoms with Gasteiger partial charge in [0.05, 0.1) is 18.7 Å². The third-order valence-corrected chi connectivity index (χ3v) is 2.17. The van der Waals surface area contributed by atoms with Gasteiger partial charge in [-0.2, -0.15) is 0 Å². The maximum Gasteiger partial charge on any atom is 0.341 e. The molecule has 0 N–H and O–H groups in total. The van der Waals surface area contributed by atoms with E-state index in [0.717, 1.165) is 0 Å². The molecular formula is C10H10ClF2NO3. The highest BCUT2D eigenvalue weighted by Crippen LogP contribution is 2.30. The number of alkyl halides is 2. The fraction of sp³-hybridized carbons (Fsp3) is 0.400. The van der Waals surface area contributed by atoms with Crippen LogP contribution in [-0.2, 0) is 4.74 Å². The van der Waals surface area contributed by atoms with Crippen LogP contribution in [0.5, 0.6) is 5.88 Å². The maximum absolute atomic E-state index is 12.7. The molecule has 17 heavy (non-hydrogen) atoms. The quantitative estimate of drug-likeness (QED) is 0.786. The van der Waals surface area contributed by atoms with Crippen LogP contribution in [0.3, 0.4) is 0 Å². The fourth-order valence-electron chi connectivity index (χ4n) is 1.18. The van der Waals surface area contributed by atoms with Crippen LogP contribution in [0.4, 0.5) is 8.78 Å². The highest BCUT2D eigenvalue weighted by atomic mass is 35.5. The average molecular weight is 266 g/mol. The minimum absolute atomic E-state index is 0.0594. The van der Waals surface area contributed by atoms with E-state index in [2.05, 4.69) is 9.72 Å². The third kappa shape index (κ3) is 3.03. The number of halogens is 3. The molecule has 0 aliphatic rings. The molecule has 7 heteroatoms. The number of rotatable bonds is 4. The molecule has 0 bridgehead atoms. The molecule has 0 aliphatic heterocycles. The summed E-state index contributed by atoms with van der Waals surface area (Å²) in [6, 6.07) is 1.18. The van der Waals surface area contributed by atoms with Crippen molar-refractivity contribution in [1.29, 1.82) is 0 Å². The van der Waals surface area contributed by atoms with Crippen molar-refractivity contribution in [3.63, 3.8) is 0 Å². The Kier molecular flexibility index (Phi) is 4.62. The number of aromatic nitrogens is 1. The summed E-state index contributed by atoms with van der Waals surface area (Å²) in [4.78, 5) is 15.0. The Balaban J connectivity index is 3.31. The summed E-state index contributed by atoms with van der Waals surface area (Å²) in [6.07, 6.45) is -2.94. The second-order valence-electron chi connectivity index (χ2n) is 2.93. The Morgan fingerprint density at radius 2 is 2.24 bits per heavy atom. The van der Waals surface area contributed by atoms with Gasteiger partial charge in [0.2, 0.25) is 5.88 Å². The number of methoxy groups -OCH3 is 1. The normalized spacial score (nSPS) is 10.5. The number of carbonyl (C=O) groups is 1. The number of esters is 1. The Morgan fingerprint density at radius 1 is 1.59 bits per heavy atom. The van der Waals surface area contributed by atoms with Gasteiger partial charge in [-0.1, -0.05) is 11.6 Å². The summed E-state index contributed by atoms with van der Waals surface area (Å²) in [5, 5.41) is -0.175. The summed E-state index contributed by atoms with van der Waals surface area (Å²) in [5.41, 5.74) is -1.17.